The maximum Gasteiger partial charge on any atom is 0.269 e. The number of rotatable bonds is 3. The van der Waals surface area contributed by atoms with Gasteiger partial charge in [-0.05, 0) is 49.8 Å². The van der Waals surface area contributed by atoms with E-state index in [1.807, 2.05) is 47.9 Å². The first kappa shape index (κ1) is 16.4. The molecule has 0 atom stereocenters. The third kappa shape index (κ3) is 2.76. The Kier molecular flexibility index (Phi) is 4.00. The van der Waals surface area contributed by atoms with Crippen molar-refractivity contribution in [2.75, 3.05) is 0 Å². The van der Waals surface area contributed by atoms with Crippen molar-refractivity contribution in [1.82, 2.24) is 24.3 Å². The molecule has 0 spiro atoms. The number of benzene rings is 2. The monoisotopic (exact) mass is 363 g/mol. The Hall–Kier alpha value is -3.06. The second-order valence-corrected chi connectivity index (χ2v) is 6.63. The lowest BCUT2D eigenvalue weighted by atomic mass is 10.1. The van der Waals surface area contributed by atoms with Crippen LogP contribution in [-0.4, -0.2) is 24.3 Å². The number of para-hydroxylation sites is 2. The van der Waals surface area contributed by atoms with Gasteiger partial charge in [-0.3, -0.25) is 19.0 Å². The van der Waals surface area contributed by atoms with Crippen LogP contribution in [-0.2, 0) is 6.54 Å². The summed E-state index contributed by atoms with van der Waals surface area (Å²) in [5.41, 5.74) is 4.58. The van der Waals surface area contributed by atoms with Crippen molar-refractivity contribution in [1.29, 1.82) is 0 Å². The lowest BCUT2D eigenvalue weighted by Crippen LogP contribution is -2.22. The molecule has 0 radical (unpaired) electrons. The topological polar surface area (TPSA) is 68.5 Å². The van der Waals surface area contributed by atoms with Crippen LogP contribution in [0.5, 0.6) is 0 Å². The number of H-pyrrole nitrogens is 1. The SMILES string of the molecule is Cc1ccc(-n2c(Cn3c(=O)cnc4ccccc43)n[nH]c2=S)c(C)c1. The number of aromatic nitrogens is 5. The molecule has 0 saturated carbocycles. The quantitative estimate of drug-likeness (QED) is 0.567. The molecule has 26 heavy (non-hydrogen) atoms. The smallest absolute Gasteiger partial charge is 0.269 e. The molecule has 130 valence electrons. The second-order valence-electron chi connectivity index (χ2n) is 6.24. The molecule has 0 unspecified atom stereocenters. The van der Waals surface area contributed by atoms with Crippen LogP contribution in [0.4, 0.5) is 0 Å². The van der Waals surface area contributed by atoms with Crippen molar-refractivity contribution in [3.05, 3.63) is 80.7 Å². The van der Waals surface area contributed by atoms with Crippen LogP contribution in [0.25, 0.3) is 16.7 Å². The van der Waals surface area contributed by atoms with Crippen LogP contribution in [0, 0.1) is 18.6 Å². The summed E-state index contributed by atoms with van der Waals surface area (Å²) in [5, 5.41) is 7.21. The molecule has 0 aliphatic carbocycles. The molecule has 2 aromatic heterocycles. The molecule has 0 fully saturated rings. The van der Waals surface area contributed by atoms with E-state index in [1.165, 1.54) is 11.8 Å². The maximum atomic E-state index is 12.4. The molecule has 0 bridgehead atoms. The molecule has 1 N–H and O–H groups in total. The van der Waals surface area contributed by atoms with E-state index < -0.39 is 0 Å². The minimum absolute atomic E-state index is 0.176. The van der Waals surface area contributed by atoms with Crippen LogP contribution in [0.3, 0.4) is 0 Å². The Balaban J connectivity index is 1.89. The molecule has 0 aliphatic heterocycles. The number of aryl methyl sites for hydroxylation is 2. The van der Waals surface area contributed by atoms with Crippen LogP contribution in [0.1, 0.15) is 17.0 Å². The van der Waals surface area contributed by atoms with Crippen LogP contribution in [0.2, 0.25) is 0 Å². The molecule has 4 rings (SSSR count). The molecular formula is C19H17N5OS. The maximum absolute atomic E-state index is 12.4. The van der Waals surface area contributed by atoms with E-state index in [0.717, 1.165) is 22.3 Å². The molecule has 0 saturated heterocycles. The van der Waals surface area contributed by atoms with Crippen LogP contribution >= 0.6 is 12.2 Å². The zero-order valence-electron chi connectivity index (χ0n) is 14.4. The van der Waals surface area contributed by atoms with Crippen molar-refractivity contribution < 1.29 is 0 Å². The number of nitrogens with zero attached hydrogens (tertiary/aromatic N) is 4. The van der Waals surface area contributed by atoms with E-state index in [9.17, 15) is 4.79 Å². The molecule has 0 amide bonds. The van der Waals surface area contributed by atoms with Gasteiger partial charge in [0.25, 0.3) is 5.56 Å². The number of aromatic amines is 1. The van der Waals surface area contributed by atoms with E-state index in [4.69, 9.17) is 12.2 Å². The molecule has 6 nitrogen and oxygen atoms in total. The van der Waals surface area contributed by atoms with Crippen molar-refractivity contribution in [3.8, 4) is 5.69 Å². The lowest BCUT2D eigenvalue weighted by Gasteiger charge is -2.13. The summed E-state index contributed by atoms with van der Waals surface area (Å²) in [6.07, 6.45) is 1.34. The molecule has 2 heterocycles. The highest BCUT2D eigenvalue weighted by Crippen LogP contribution is 2.19. The number of hydrogen-bond acceptors (Lipinski definition) is 4. The van der Waals surface area contributed by atoms with Crippen molar-refractivity contribution in [2.24, 2.45) is 0 Å². The molecule has 7 heteroatoms. The number of fused-ring (bicyclic) bond motifs is 1. The summed E-state index contributed by atoms with van der Waals surface area (Å²) in [6.45, 7) is 4.38. The predicted molar refractivity (Wildman–Crippen MR) is 103 cm³/mol. The first-order valence-corrected chi connectivity index (χ1v) is 8.64. The third-order valence-corrected chi connectivity index (χ3v) is 4.66. The highest BCUT2D eigenvalue weighted by molar-refractivity contribution is 7.71. The Bertz CT molecular complexity index is 1230. The average Bonchev–Trinajstić information content (AvgIpc) is 2.98. The number of nitrogens with one attached hydrogen (secondary N) is 1. The highest BCUT2D eigenvalue weighted by atomic mass is 32.1. The van der Waals surface area contributed by atoms with Gasteiger partial charge in [0.15, 0.2) is 10.6 Å². The summed E-state index contributed by atoms with van der Waals surface area (Å²) in [4.78, 5) is 16.6. The normalized spacial score (nSPS) is 11.2. The van der Waals surface area contributed by atoms with Gasteiger partial charge in [0.05, 0.1) is 29.5 Å². The first-order chi connectivity index (χ1) is 12.5. The number of hydrogen-bond donors (Lipinski definition) is 1. The van der Waals surface area contributed by atoms with Gasteiger partial charge in [-0.15, -0.1) is 0 Å². The van der Waals surface area contributed by atoms with E-state index in [-0.39, 0.29) is 5.56 Å². The van der Waals surface area contributed by atoms with Crippen molar-refractivity contribution in [2.45, 2.75) is 20.4 Å². The van der Waals surface area contributed by atoms with Gasteiger partial charge in [-0.25, -0.2) is 4.98 Å². The molecule has 2 aromatic carbocycles. The van der Waals surface area contributed by atoms with Crippen molar-refractivity contribution in [3.63, 3.8) is 0 Å². The fraction of sp³-hybridized carbons (Fsp3) is 0.158. The fourth-order valence-electron chi connectivity index (χ4n) is 3.16. The fourth-order valence-corrected chi connectivity index (χ4v) is 3.41. The van der Waals surface area contributed by atoms with Gasteiger partial charge < -0.3 is 0 Å². The summed E-state index contributed by atoms with van der Waals surface area (Å²) in [7, 11) is 0. The minimum Gasteiger partial charge on any atom is -0.298 e. The summed E-state index contributed by atoms with van der Waals surface area (Å²) >= 11 is 5.44. The van der Waals surface area contributed by atoms with E-state index in [2.05, 4.69) is 28.2 Å². The van der Waals surface area contributed by atoms with Gasteiger partial charge in [-0.2, -0.15) is 5.10 Å². The first-order valence-electron chi connectivity index (χ1n) is 8.23. The summed E-state index contributed by atoms with van der Waals surface area (Å²) < 4.78 is 4.04. The zero-order valence-corrected chi connectivity index (χ0v) is 15.2. The Morgan fingerprint density at radius 2 is 1.96 bits per heavy atom. The Labute approximate surface area is 154 Å². The zero-order chi connectivity index (χ0) is 18.3. The Morgan fingerprint density at radius 1 is 1.15 bits per heavy atom. The summed E-state index contributed by atoms with van der Waals surface area (Å²) in [6, 6.07) is 13.7. The molecule has 4 aromatic rings. The highest BCUT2D eigenvalue weighted by Gasteiger charge is 2.13. The molecular weight excluding hydrogens is 346 g/mol. The average molecular weight is 363 g/mol. The van der Waals surface area contributed by atoms with E-state index >= 15 is 0 Å². The van der Waals surface area contributed by atoms with Gasteiger partial charge in [0, 0.05) is 0 Å². The van der Waals surface area contributed by atoms with E-state index in [0.29, 0.717) is 17.1 Å². The third-order valence-electron chi connectivity index (χ3n) is 4.39. The van der Waals surface area contributed by atoms with Gasteiger partial charge in [0.2, 0.25) is 0 Å². The second kappa shape index (κ2) is 6.34. The van der Waals surface area contributed by atoms with Gasteiger partial charge in [-0.1, -0.05) is 29.8 Å². The van der Waals surface area contributed by atoms with Gasteiger partial charge >= 0.3 is 0 Å². The van der Waals surface area contributed by atoms with Gasteiger partial charge in [0.1, 0.15) is 0 Å². The van der Waals surface area contributed by atoms with E-state index in [1.54, 1.807) is 4.57 Å². The molecule has 0 aliphatic rings. The largest absolute Gasteiger partial charge is 0.298 e. The predicted octanol–water partition coefficient (Wildman–Crippen LogP) is 3.30. The minimum atomic E-state index is -0.176. The van der Waals surface area contributed by atoms with Crippen LogP contribution < -0.4 is 5.56 Å². The lowest BCUT2D eigenvalue weighted by molar-refractivity contribution is 0.717. The van der Waals surface area contributed by atoms with Crippen LogP contribution in [0.15, 0.2) is 53.5 Å². The summed E-state index contributed by atoms with van der Waals surface area (Å²) in [5.74, 6) is 0.667. The standard InChI is InChI=1S/C19H17N5OS/c1-12-7-8-15(13(2)9-12)24-17(21-22-19(24)26)11-23-16-6-4-3-5-14(16)20-10-18(23)25/h3-10H,11H2,1-2H3,(H,22,26). The van der Waals surface area contributed by atoms with Crippen molar-refractivity contribution >= 4 is 23.3 Å². The Morgan fingerprint density at radius 3 is 2.77 bits per heavy atom.